The molecule has 0 aliphatic rings. The molecule has 0 atom stereocenters. The molecule has 0 aliphatic carbocycles. The van der Waals surface area contributed by atoms with Gasteiger partial charge < -0.3 is 0 Å². The van der Waals surface area contributed by atoms with Gasteiger partial charge in [0.25, 0.3) is 0 Å². The lowest BCUT2D eigenvalue weighted by Crippen LogP contribution is -2.09. The second kappa shape index (κ2) is 3.23. The predicted octanol–water partition coefficient (Wildman–Crippen LogP) is 4.30. The Bertz CT molecular complexity index is 260. The fourth-order valence-electron chi connectivity index (χ4n) is 0.852. The normalized spacial score (nSPS) is 12.1. The molecule has 1 aromatic heterocycles. The van der Waals surface area contributed by atoms with E-state index >= 15 is 0 Å². The van der Waals surface area contributed by atoms with Gasteiger partial charge >= 0.3 is 0 Å². The summed E-state index contributed by atoms with van der Waals surface area (Å²) in [5.74, 6) is 0. The van der Waals surface area contributed by atoms with E-state index in [4.69, 9.17) is 11.6 Å². The van der Waals surface area contributed by atoms with Gasteiger partial charge in [-0.05, 0) is 39.6 Å². The van der Waals surface area contributed by atoms with Crippen LogP contribution in [0.5, 0.6) is 0 Å². The molecule has 0 fully saturated rings. The van der Waals surface area contributed by atoms with Crippen LogP contribution in [0, 0.1) is 2.88 Å². The molecule has 0 radical (unpaired) electrons. The molecule has 1 rings (SSSR count). The highest BCUT2D eigenvalue weighted by molar-refractivity contribution is 14.1. The summed E-state index contributed by atoms with van der Waals surface area (Å²) in [6, 6.07) is 2.16. The van der Waals surface area contributed by atoms with Crippen molar-refractivity contribution in [3.8, 4) is 0 Å². The maximum absolute atomic E-state index is 6.04. The molecule has 0 unspecified atom stereocenters. The van der Waals surface area contributed by atoms with Gasteiger partial charge in [-0.1, -0.05) is 32.4 Å². The van der Waals surface area contributed by atoms with Gasteiger partial charge in [0, 0.05) is 0 Å². The Morgan fingerprint density at radius 3 is 2.18 bits per heavy atom. The zero-order valence-corrected chi connectivity index (χ0v) is 10.5. The zero-order chi connectivity index (χ0) is 8.65. The number of hydrogen-bond acceptors (Lipinski definition) is 1. The summed E-state index contributed by atoms with van der Waals surface area (Å²) in [6.07, 6.45) is 0. The van der Waals surface area contributed by atoms with Crippen molar-refractivity contribution in [1.29, 1.82) is 0 Å². The third-order valence-corrected chi connectivity index (χ3v) is 3.58. The lowest BCUT2D eigenvalue weighted by atomic mass is 9.89. The van der Waals surface area contributed by atoms with E-state index in [1.807, 2.05) is 0 Å². The van der Waals surface area contributed by atoms with Crippen LogP contribution in [0.2, 0.25) is 4.34 Å². The molecule has 0 saturated heterocycles. The minimum Gasteiger partial charge on any atom is -0.117 e. The predicted molar refractivity (Wildman–Crippen MR) is 60.7 cm³/mol. The molecule has 11 heavy (non-hydrogen) atoms. The first-order chi connectivity index (χ1) is 4.91. The second-order valence-electron chi connectivity index (χ2n) is 3.49. The van der Waals surface area contributed by atoms with Crippen molar-refractivity contribution in [1.82, 2.24) is 0 Å². The average molecular weight is 301 g/mol. The summed E-state index contributed by atoms with van der Waals surface area (Å²) >= 11 is 9.99. The third kappa shape index (κ3) is 2.33. The summed E-state index contributed by atoms with van der Waals surface area (Å²) < 4.78 is 2.19. The lowest BCUT2D eigenvalue weighted by Gasteiger charge is -2.16. The minimum atomic E-state index is 0.178. The van der Waals surface area contributed by atoms with Crippen LogP contribution in [0.1, 0.15) is 26.3 Å². The van der Waals surface area contributed by atoms with Crippen LogP contribution in [0.15, 0.2) is 6.07 Å². The molecule has 0 nitrogen and oxygen atoms in total. The standard InChI is InChI=1S/C8H10ClIS/c1-8(2,3)5-4-6(10)11-7(5)9/h4H,1-3H3. The maximum atomic E-state index is 6.04. The Morgan fingerprint density at radius 2 is 2.00 bits per heavy atom. The Morgan fingerprint density at radius 1 is 1.45 bits per heavy atom. The van der Waals surface area contributed by atoms with Crippen molar-refractivity contribution in [2.45, 2.75) is 26.2 Å². The average Bonchev–Trinajstić information content (AvgIpc) is 2.08. The maximum Gasteiger partial charge on any atom is 0.0976 e. The Kier molecular flexibility index (Phi) is 2.88. The zero-order valence-electron chi connectivity index (χ0n) is 6.74. The van der Waals surface area contributed by atoms with E-state index in [1.54, 1.807) is 11.3 Å². The SMILES string of the molecule is CC(C)(C)c1cc(I)sc1Cl. The van der Waals surface area contributed by atoms with E-state index in [0.29, 0.717) is 0 Å². The third-order valence-electron chi connectivity index (χ3n) is 1.46. The van der Waals surface area contributed by atoms with Crippen LogP contribution in [0.25, 0.3) is 0 Å². The molecule has 0 saturated carbocycles. The van der Waals surface area contributed by atoms with Crippen molar-refractivity contribution in [3.63, 3.8) is 0 Å². The number of halogens is 2. The van der Waals surface area contributed by atoms with Crippen LogP contribution < -0.4 is 0 Å². The van der Waals surface area contributed by atoms with E-state index in [0.717, 1.165) is 4.34 Å². The quantitative estimate of drug-likeness (QED) is 0.627. The van der Waals surface area contributed by atoms with Crippen LogP contribution >= 0.6 is 45.5 Å². The molecule has 62 valence electrons. The molecule has 0 aliphatic heterocycles. The number of thiophene rings is 1. The number of rotatable bonds is 0. The molecular formula is C8H10ClIS. The first kappa shape index (κ1) is 9.81. The highest BCUT2D eigenvalue weighted by Crippen LogP contribution is 2.36. The van der Waals surface area contributed by atoms with Crippen molar-refractivity contribution in [3.05, 3.63) is 18.9 Å². The molecule has 0 spiro atoms. The van der Waals surface area contributed by atoms with Gasteiger partial charge in [0.2, 0.25) is 0 Å². The summed E-state index contributed by atoms with van der Waals surface area (Å²) in [6.45, 7) is 6.53. The molecule has 1 heterocycles. The van der Waals surface area contributed by atoms with Crippen LogP contribution in [0.4, 0.5) is 0 Å². The highest BCUT2D eigenvalue weighted by atomic mass is 127. The summed E-state index contributed by atoms with van der Waals surface area (Å²) in [7, 11) is 0. The second-order valence-corrected chi connectivity index (χ2v) is 7.04. The lowest BCUT2D eigenvalue weighted by molar-refractivity contribution is 0.593. The molecule has 0 N–H and O–H groups in total. The summed E-state index contributed by atoms with van der Waals surface area (Å²) in [5.41, 5.74) is 1.44. The smallest absolute Gasteiger partial charge is 0.0976 e. The van der Waals surface area contributed by atoms with Gasteiger partial charge in [0.15, 0.2) is 0 Å². The van der Waals surface area contributed by atoms with Gasteiger partial charge in [0.1, 0.15) is 0 Å². The van der Waals surface area contributed by atoms with Gasteiger partial charge in [-0.2, -0.15) is 0 Å². The summed E-state index contributed by atoms with van der Waals surface area (Å²) in [4.78, 5) is 0. The monoisotopic (exact) mass is 300 g/mol. The van der Waals surface area contributed by atoms with E-state index in [2.05, 4.69) is 49.4 Å². The van der Waals surface area contributed by atoms with Crippen LogP contribution in [-0.4, -0.2) is 0 Å². The van der Waals surface area contributed by atoms with Crippen molar-refractivity contribution >= 4 is 45.5 Å². The van der Waals surface area contributed by atoms with Gasteiger partial charge in [-0.25, -0.2) is 0 Å². The molecular weight excluding hydrogens is 291 g/mol. The molecule has 0 amide bonds. The Balaban J connectivity index is 3.13. The highest BCUT2D eigenvalue weighted by Gasteiger charge is 2.19. The van der Waals surface area contributed by atoms with E-state index in [1.165, 1.54) is 8.45 Å². The van der Waals surface area contributed by atoms with Crippen molar-refractivity contribution < 1.29 is 0 Å². The van der Waals surface area contributed by atoms with Crippen molar-refractivity contribution in [2.24, 2.45) is 0 Å². The Hall–Kier alpha value is 0.720. The first-order valence-corrected chi connectivity index (χ1v) is 5.64. The first-order valence-electron chi connectivity index (χ1n) is 3.36. The fourth-order valence-corrected chi connectivity index (χ4v) is 3.62. The number of hydrogen-bond donors (Lipinski definition) is 0. The van der Waals surface area contributed by atoms with E-state index < -0.39 is 0 Å². The van der Waals surface area contributed by atoms with Gasteiger partial charge in [0.05, 0.1) is 7.22 Å². The fraction of sp³-hybridized carbons (Fsp3) is 0.500. The van der Waals surface area contributed by atoms with Crippen LogP contribution in [0.3, 0.4) is 0 Å². The van der Waals surface area contributed by atoms with Crippen molar-refractivity contribution in [2.75, 3.05) is 0 Å². The topological polar surface area (TPSA) is 0 Å². The molecule has 0 aromatic carbocycles. The van der Waals surface area contributed by atoms with E-state index in [-0.39, 0.29) is 5.41 Å². The van der Waals surface area contributed by atoms with E-state index in [9.17, 15) is 0 Å². The van der Waals surface area contributed by atoms with Gasteiger partial charge in [-0.15, -0.1) is 11.3 Å². The Labute approximate surface area is 90.1 Å². The largest absolute Gasteiger partial charge is 0.117 e. The molecule has 0 bridgehead atoms. The van der Waals surface area contributed by atoms with Crippen LogP contribution in [-0.2, 0) is 5.41 Å². The molecule has 1 aromatic rings. The molecule has 3 heteroatoms. The summed E-state index contributed by atoms with van der Waals surface area (Å²) in [5, 5.41) is 0. The van der Waals surface area contributed by atoms with Gasteiger partial charge in [-0.3, -0.25) is 0 Å². The minimum absolute atomic E-state index is 0.178.